The SMILES string of the molecule is C=COC(=O)CCP(O)C(=O)C[N+](C)(C)C. The number of hydrogen-bond donors (Lipinski definition) is 1. The van der Waals surface area contributed by atoms with Crippen LogP contribution in [0.2, 0.25) is 0 Å². The molecule has 0 saturated heterocycles. The number of likely N-dealkylation sites (N-methyl/N-ethyl adjacent to an activating group) is 1. The predicted octanol–water partition coefficient (Wildman–Crippen LogP) is 0.685. The summed E-state index contributed by atoms with van der Waals surface area (Å²) in [5, 5.41) is 0. The van der Waals surface area contributed by atoms with Gasteiger partial charge in [-0.2, -0.15) is 0 Å². The van der Waals surface area contributed by atoms with Gasteiger partial charge in [0.1, 0.15) is 14.7 Å². The van der Waals surface area contributed by atoms with Crippen molar-refractivity contribution in [1.29, 1.82) is 0 Å². The Hall–Kier alpha value is -0.770. The van der Waals surface area contributed by atoms with E-state index in [1.54, 1.807) is 0 Å². The summed E-state index contributed by atoms with van der Waals surface area (Å²) < 4.78 is 4.95. The number of hydrogen-bond acceptors (Lipinski definition) is 4. The van der Waals surface area contributed by atoms with E-state index in [0.717, 1.165) is 6.26 Å². The van der Waals surface area contributed by atoms with Crippen LogP contribution in [-0.2, 0) is 14.3 Å². The number of quaternary nitrogens is 1. The summed E-state index contributed by atoms with van der Waals surface area (Å²) in [6, 6.07) is 0. The summed E-state index contributed by atoms with van der Waals surface area (Å²) in [6.07, 6.45) is 1.23. The normalized spacial score (nSPS) is 13.0. The Kier molecular flexibility index (Phi) is 6.41. The van der Waals surface area contributed by atoms with Crippen LogP contribution in [0.25, 0.3) is 0 Å². The highest BCUT2D eigenvalue weighted by Gasteiger charge is 2.23. The van der Waals surface area contributed by atoms with Gasteiger partial charge in [-0.1, -0.05) is 6.58 Å². The first-order valence-corrected chi connectivity index (χ1v) is 6.34. The maximum atomic E-state index is 11.5. The quantitative estimate of drug-likeness (QED) is 0.311. The van der Waals surface area contributed by atoms with Gasteiger partial charge in [0.25, 0.3) is 0 Å². The van der Waals surface area contributed by atoms with Crippen LogP contribution in [0, 0.1) is 0 Å². The van der Waals surface area contributed by atoms with Gasteiger partial charge in [0.2, 0.25) is 5.52 Å². The van der Waals surface area contributed by atoms with Gasteiger partial charge < -0.3 is 14.1 Å². The van der Waals surface area contributed by atoms with Crippen LogP contribution in [0.15, 0.2) is 12.8 Å². The molecule has 1 N–H and O–H groups in total. The molecule has 0 aliphatic carbocycles. The minimum absolute atomic E-state index is 0.0388. The maximum absolute atomic E-state index is 11.5. The Morgan fingerprint density at radius 1 is 1.44 bits per heavy atom. The van der Waals surface area contributed by atoms with Crippen molar-refractivity contribution in [2.45, 2.75) is 6.42 Å². The molecule has 0 amide bonds. The van der Waals surface area contributed by atoms with Crippen LogP contribution >= 0.6 is 8.15 Å². The Labute approximate surface area is 97.1 Å². The molecule has 0 aliphatic heterocycles. The van der Waals surface area contributed by atoms with Crippen LogP contribution in [0.3, 0.4) is 0 Å². The van der Waals surface area contributed by atoms with Crippen LogP contribution in [0.4, 0.5) is 0 Å². The van der Waals surface area contributed by atoms with Crippen molar-refractivity contribution in [3.05, 3.63) is 12.8 Å². The van der Waals surface area contributed by atoms with E-state index in [9.17, 15) is 14.5 Å². The average Bonchev–Trinajstić information content (AvgIpc) is 2.11. The van der Waals surface area contributed by atoms with Crippen molar-refractivity contribution in [1.82, 2.24) is 0 Å². The summed E-state index contributed by atoms with van der Waals surface area (Å²) in [7, 11) is 3.87. The summed E-state index contributed by atoms with van der Waals surface area (Å²) >= 11 is 0. The van der Waals surface area contributed by atoms with Gasteiger partial charge in [-0.15, -0.1) is 0 Å². The van der Waals surface area contributed by atoms with Crippen molar-refractivity contribution in [3.63, 3.8) is 0 Å². The standard InChI is InChI=1S/C10H19NO4P/c1-5-15-9(12)6-7-16(14)10(13)8-11(2,3)4/h5,14H,1,6-8H2,2-4H3/q+1. The molecular formula is C10H19NO4P+. The van der Waals surface area contributed by atoms with Gasteiger partial charge in [0.15, 0.2) is 0 Å². The van der Waals surface area contributed by atoms with Gasteiger partial charge >= 0.3 is 5.97 Å². The molecule has 0 radical (unpaired) electrons. The fourth-order valence-electron chi connectivity index (χ4n) is 0.961. The molecule has 0 aromatic rings. The van der Waals surface area contributed by atoms with E-state index >= 15 is 0 Å². The lowest BCUT2D eigenvalue weighted by Gasteiger charge is -2.23. The van der Waals surface area contributed by atoms with Crippen LogP contribution in [-0.4, -0.2) is 54.7 Å². The summed E-state index contributed by atoms with van der Waals surface area (Å²) in [5.41, 5.74) is -0.200. The van der Waals surface area contributed by atoms with Crippen molar-refractivity contribution >= 4 is 19.6 Å². The summed E-state index contributed by atoms with van der Waals surface area (Å²) in [6.45, 7) is 3.50. The van der Waals surface area contributed by atoms with E-state index in [2.05, 4.69) is 11.3 Å². The van der Waals surface area contributed by atoms with Gasteiger partial charge in [0, 0.05) is 6.16 Å². The van der Waals surface area contributed by atoms with Gasteiger partial charge in [-0.05, 0) is 0 Å². The molecular weight excluding hydrogens is 229 g/mol. The second kappa shape index (κ2) is 6.74. The molecule has 1 atom stereocenters. The lowest BCUT2D eigenvalue weighted by Crippen LogP contribution is -2.39. The first kappa shape index (κ1) is 15.2. The number of esters is 1. The van der Waals surface area contributed by atoms with Crippen LogP contribution < -0.4 is 0 Å². The van der Waals surface area contributed by atoms with E-state index in [1.807, 2.05) is 21.1 Å². The summed E-state index contributed by atoms with van der Waals surface area (Å²) in [4.78, 5) is 32.0. The fraction of sp³-hybridized carbons (Fsp3) is 0.600. The van der Waals surface area contributed by atoms with Crippen molar-refractivity contribution in [2.24, 2.45) is 0 Å². The van der Waals surface area contributed by atoms with E-state index in [1.165, 1.54) is 0 Å². The third-order valence-corrected chi connectivity index (χ3v) is 3.00. The second-order valence-electron chi connectivity index (χ2n) is 4.37. The molecule has 5 nitrogen and oxygen atoms in total. The topological polar surface area (TPSA) is 63.6 Å². The van der Waals surface area contributed by atoms with Crippen LogP contribution in [0.1, 0.15) is 6.42 Å². The van der Waals surface area contributed by atoms with Crippen LogP contribution in [0.5, 0.6) is 0 Å². The van der Waals surface area contributed by atoms with Gasteiger partial charge in [-0.25, -0.2) is 0 Å². The van der Waals surface area contributed by atoms with E-state index in [-0.39, 0.29) is 24.7 Å². The zero-order valence-corrected chi connectivity index (χ0v) is 10.9. The molecule has 92 valence electrons. The molecule has 0 saturated carbocycles. The first-order chi connectivity index (χ1) is 7.26. The highest BCUT2D eigenvalue weighted by Crippen LogP contribution is 2.32. The lowest BCUT2D eigenvalue weighted by molar-refractivity contribution is -0.861. The van der Waals surface area contributed by atoms with E-state index < -0.39 is 14.1 Å². The Bertz CT molecular complexity index is 272. The number of nitrogens with zero attached hydrogens (tertiary/aromatic N) is 1. The van der Waals surface area contributed by atoms with Gasteiger partial charge in [0.05, 0.1) is 33.8 Å². The van der Waals surface area contributed by atoms with E-state index in [0.29, 0.717) is 4.48 Å². The number of carbonyl (C=O) groups excluding carboxylic acids is 2. The van der Waals surface area contributed by atoms with E-state index in [4.69, 9.17) is 0 Å². The minimum atomic E-state index is -1.74. The lowest BCUT2D eigenvalue weighted by atomic mass is 10.5. The number of carbonyl (C=O) groups is 2. The maximum Gasteiger partial charge on any atom is 0.311 e. The predicted molar refractivity (Wildman–Crippen MR) is 62.8 cm³/mol. The molecule has 0 aromatic carbocycles. The third-order valence-electron chi connectivity index (χ3n) is 1.64. The Morgan fingerprint density at radius 3 is 2.44 bits per heavy atom. The molecule has 0 aliphatic rings. The molecule has 0 rings (SSSR count). The largest absolute Gasteiger partial charge is 0.435 e. The molecule has 0 heterocycles. The summed E-state index contributed by atoms with van der Waals surface area (Å²) in [5.74, 6) is -0.477. The molecule has 1 unspecified atom stereocenters. The molecule has 0 bridgehead atoms. The first-order valence-electron chi connectivity index (χ1n) is 4.86. The number of ether oxygens (including phenoxy) is 1. The zero-order chi connectivity index (χ0) is 12.8. The van der Waals surface area contributed by atoms with Gasteiger partial charge in [-0.3, -0.25) is 9.59 Å². The molecule has 0 aromatic heterocycles. The third kappa shape index (κ3) is 7.51. The smallest absolute Gasteiger partial charge is 0.311 e. The highest BCUT2D eigenvalue weighted by molar-refractivity contribution is 7.69. The van der Waals surface area contributed by atoms with Crippen molar-refractivity contribution < 1.29 is 23.7 Å². The molecule has 0 fully saturated rings. The Balaban J connectivity index is 3.97. The highest BCUT2D eigenvalue weighted by atomic mass is 31.1. The van der Waals surface area contributed by atoms with Crippen molar-refractivity contribution in [2.75, 3.05) is 33.8 Å². The Morgan fingerprint density at radius 2 is 2.00 bits per heavy atom. The number of rotatable bonds is 7. The molecule has 16 heavy (non-hydrogen) atoms. The minimum Gasteiger partial charge on any atom is -0.435 e. The second-order valence-corrected chi connectivity index (χ2v) is 6.12. The molecule has 6 heteroatoms. The monoisotopic (exact) mass is 248 g/mol. The fourth-order valence-corrected chi connectivity index (χ4v) is 2.19. The zero-order valence-electron chi connectivity index (χ0n) is 9.97. The van der Waals surface area contributed by atoms with Crippen molar-refractivity contribution in [3.8, 4) is 0 Å². The average molecular weight is 248 g/mol. The molecule has 0 spiro atoms.